The summed E-state index contributed by atoms with van der Waals surface area (Å²) in [6.07, 6.45) is 0. The van der Waals surface area contributed by atoms with E-state index in [0.29, 0.717) is 15.7 Å². The van der Waals surface area contributed by atoms with Gasteiger partial charge in [0.1, 0.15) is 0 Å². The topological polar surface area (TPSA) is 70.1 Å². The molecule has 0 bridgehead atoms. The zero-order chi connectivity index (χ0) is 12.7. The van der Waals surface area contributed by atoms with Crippen LogP contribution in [0.1, 0.15) is 0 Å². The Labute approximate surface area is 101 Å². The summed E-state index contributed by atoms with van der Waals surface area (Å²) in [6, 6.07) is 4.11. The maximum Gasteiger partial charge on any atom is 0.271 e. The predicted octanol–water partition coefficient (Wildman–Crippen LogP) is 1.51. The molecule has 88 valence electrons. The first-order valence-corrected chi connectivity index (χ1v) is 5.18. The molecular formula is C10H9N3O3S. The van der Waals surface area contributed by atoms with Gasteiger partial charge >= 0.3 is 0 Å². The highest BCUT2D eigenvalue weighted by Gasteiger charge is 2.11. The highest BCUT2D eigenvalue weighted by Crippen LogP contribution is 2.17. The predicted molar refractivity (Wildman–Crippen MR) is 65.6 cm³/mol. The van der Waals surface area contributed by atoms with Crippen molar-refractivity contribution in [3.05, 3.63) is 43.4 Å². The Balaban J connectivity index is 3.02. The smallest absolute Gasteiger partial charge is 0.271 e. The van der Waals surface area contributed by atoms with Gasteiger partial charge in [-0.2, -0.15) is 0 Å². The van der Waals surface area contributed by atoms with Crippen molar-refractivity contribution in [2.75, 3.05) is 0 Å². The van der Waals surface area contributed by atoms with Crippen LogP contribution in [0.2, 0.25) is 0 Å². The van der Waals surface area contributed by atoms with Gasteiger partial charge in [0.15, 0.2) is 4.77 Å². The van der Waals surface area contributed by atoms with Gasteiger partial charge < -0.3 is 4.57 Å². The van der Waals surface area contributed by atoms with Gasteiger partial charge in [0.05, 0.1) is 15.8 Å². The molecule has 1 aromatic heterocycles. The van der Waals surface area contributed by atoms with Gasteiger partial charge in [0.2, 0.25) is 0 Å². The molecule has 6 nitrogen and oxygen atoms in total. The summed E-state index contributed by atoms with van der Waals surface area (Å²) in [6.45, 7) is 0. The van der Waals surface area contributed by atoms with Gasteiger partial charge in [-0.3, -0.25) is 19.5 Å². The van der Waals surface area contributed by atoms with Crippen LogP contribution in [0.25, 0.3) is 10.9 Å². The SMILES string of the molecule is Cn1c(=O)c2ccc([N+](=O)[O-])cc2n(C)c1=S. The molecular weight excluding hydrogens is 242 g/mol. The van der Waals surface area contributed by atoms with Gasteiger partial charge in [-0.05, 0) is 18.3 Å². The van der Waals surface area contributed by atoms with E-state index in [0.717, 1.165) is 0 Å². The lowest BCUT2D eigenvalue weighted by Gasteiger charge is -2.08. The third kappa shape index (κ3) is 1.64. The first kappa shape index (κ1) is 11.5. The highest BCUT2D eigenvalue weighted by molar-refractivity contribution is 7.71. The van der Waals surface area contributed by atoms with Crippen molar-refractivity contribution in [2.24, 2.45) is 14.1 Å². The van der Waals surface area contributed by atoms with Crippen LogP contribution < -0.4 is 5.56 Å². The number of rotatable bonds is 1. The average molecular weight is 251 g/mol. The van der Waals surface area contributed by atoms with E-state index in [1.54, 1.807) is 18.7 Å². The van der Waals surface area contributed by atoms with Crippen molar-refractivity contribution in [1.29, 1.82) is 0 Å². The van der Waals surface area contributed by atoms with Crippen LogP contribution in [0.15, 0.2) is 23.0 Å². The first-order chi connectivity index (χ1) is 7.93. The van der Waals surface area contributed by atoms with E-state index in [-0.39, 0.29) is 11.2 Å². The van der Waals surface area contributed by atoms with Gasteiger partial charge in [0, 0.05) is 26.2 Å². The van der Waals surface area contributed by atoms with E-state index in [1.165, 1.54) is 22.8 Å². The normalized spacial score (nSPS) is 10.7. The van der Waals surface area contributed by atoms with Crippen LogP contribution in [-0.4, -0.2) is 14.1 Å². The first-order valence-electron chi connectivity index (χ1n) is 4.77. The third-order valence-corrected chi connectivity index (χ3v) is 3.21. The van der Waals surface area contributed by atoms with Crippen molar-refractivity contribution < 1.29 is 4.92 Å². The lowest BCUT2D eigenvalue weighted by atomic mass is 10.2. The molecule has 0 spiro atoms. The largest absolute Gasteiger partial charge is 0.321 e. The Hall–Kier alpha value is -2.02. The molecule has 1 heterocycles. The summed E-state index contributed by atoms with van der Waals surface area (Å²) in [5.74, 6) is 0. The minimum atomic E-state index is -0.500. The number of aromatic nitrogens is 2. The number of fused-ring (bicyclic) bond motifs is 1. The van der Waals surface area contributed by atoms with E-state index < -0.39 is 4.92 Å². The molecule has 0 saturated carbocycles. The van der Waals surface area contributed by atoms with Crippen molar-refractivity contribution in [2.45, 2.75) is 0 Å². The minimum absolute atomic E-state index is 0.0595. The fraction of sp³-hybridized carbons (Fsp3) is 0.200. The third-order valence-electron chi connectivity index (χ3n) is 2.66. The number of non-ortho nitro benzene ring substituents is 1. The van der Waals surface area contributed by atoms with Crippen LogP contribution in [0.3, 0.4) is 0 Å². The Morgan fingerprint density at radius 3 is 2.53 bits per heavy atom. The van der Waals surface area contributed by atoms with Crippen LogP contribution in [0.4, 0.5) is 5.69 Å². The molecule has 2 rings (SSSR count). The Bertz CT molecular complexity index is 745. The summed E-state index contributed by atoms with van der Waals surface area (Å²) in [7, 11) is 3.25. The van der Waals surface area contributed by atoms with E-state index >= 15 is 0 Å². The maximum atomic E-state index is 11.9. The Morgan fingerprint density at radius 1 is 1.29 bits per heavy atom. The number of nitrogens with zero attached hydrogens (tertiary/aromatic N) is 3. The Morgan fingerprint density at radius 2 is 1.94 bits per heavy atom. The molecule has 7 heteroatoms. The van der Waals surface area contributed by atoms with E-state index in [4.69, 9.17) is 12.2 Å². The summed E-state index contributed by atoms with van der Waals surface area (Å²) >= 11 is 5.07. The molecule has 0 unspecified atom stereocenters. The molecule has 2 aromatic rings. The van der Waals surface area contributed by atoms with Gasteiger partial charge in [0.25, 0.3) is 11.2 Å². The van der Waals surface area contributed by atoms with Gasteiger partial charge in [-0.15, -0.1) is 0 Å². The molecule has 0 aliphatic rings. The number of nitro benzene ring substituents is 1. The zero-order valence-electron chi connectivity index (χ0n) is 9.21. The van der Waals surface area contributed by atoms with Crippen molar-refractivity contribution in [3.8, 4) is 0 Å². The molecule has 0 aliphatic carbocycles. The molecule has 0 N–H and O–H groups in total. The molecule has 1 aromatic carbocycles. The van der Waals surface area contributed by atoms with Gasteiger partial charge in [-0.1, -0.05) is 0 Å². The second-order valence-corrected chi connectivity index (χ2v) is 4.03. The summed E-state index contributed by atoms with van der Waals surface area (Å²) in [4.78, 5) is 22.1. The Kier molecular flexibility index (Phi) is 2.55. The van der Waals surface area contributed by atoms with Crippen LogP contribution in [0.5, 0.6) is 0 Å². The average Bonchev–Trinajstić information content (AvgIpc) is 2.32. The fourth-order valence-corrected chi connectivity index (χ4v) is 1.87. The van der Waals surface area contributed by atoms with Crippen LogP contribution in [0, 0.1) is 14.9 Å². The highest BCUT2D eigenvalue weighted by atomic mass is 32.1. The summed E-state index contributed by atoms with van der Waals surface area (Å²) in [5, 5.41) is 11.1. The standard InChI is InChI=1S/C10H9N3O3S/c1-11-8-5-6(13(15)16)3-4-7(8)9(14)12(2)10(11)17/h3-5H,1-2H3. The molecule has 0 saturated heterocycles. The number of aryl methyl sites for hydroxylation is 1. The molecule has 0 fully saturated rings. The quantitative estimate of drug-likeness (QED) is 0.437. The van der Waals surface area contributed by atoms with E-state index in [9.17, 15) is 14.9 Å². The summed E-state index contributed by atoms with van der Waals surface area (Å²) in [5.41, 5.74) is 0.154. The van der Waals surface area contributed by atoms with E-state index in [1.807, 2.05) is 0 Å². The number of hydrogen-bond donors (Lipinski definition) is 0. The monoisotopic (exact) mass is 251 g/mol. The minimum Gasteiger partial charge on any atom is -0.321 e. The molecule has 0 amide bonds. The lowest BCUT2D eigenvalue weighted by Crippen LogP contribution is -2.21. The molecule has 0 aliphatic heterocycles. The number of hydrogen-bond acceptors (Lipinski definition) is 4. The molecule has 0 radical (unpaired) electrons. The maximum absolute atomic E-state index is 11.9. The van der Waals surface area contributed by atoms with Crippen molar-refractivity contribution >= 4 is 28.8 Å². The number of benzene rings is 1. The lowest BCUT2D eigenvalue weighted by molar-refractivity contribution is -0.384. The number of nitro groups is 1. The summed E-state index contributed by atoms with van der Waals surface area (Å²) < 4.78 is 3.24. The second-order valence-electron chi connectivity index (χ2n) is 3.66. The fourth-order valence-electron chi connectivity index (χ4n) is 1.69. The van der Waals surface area contributed by atoms with Crippen LogP contribution >= 0.6 is 12.2 Å². The van der Waals surface area contributed by atoms with Crippen molar-refractivity contribution in [3.63, 3.8) is 0 Å². The molecule has 0 atom stereocenters. The molecule has 17 heavy (non-hydrogen) atoms. The van der Waals surface area contributed by atoms with E-state index in [2.05, 4.69) is 0 Å². The zero-order valence-corrected chi connectivity index (χ0v) is 10.0. The van der Waals surface area contributed by atoms with Crippen molar-refractivity contribution in [1.82, 2.24) is 9.13 Å². The second kappa shape index (κ2) is 3.77. The van der Waals surface area contributed by atoms with Crippen LogP contribution in [-0.2, 0) is 14.1 Å². The van der Waals surface area contributed by atoms with Gasteiger partial charge in [-0.25, -0.2) is 0 Å².